The lowest BCUT2D eigenvalue weighted by Crippen LogP contribution is -2.12. The maximum atomic E-state index is 5.81. The Labute approximate surface area is 100 Å². The molecule has 0 bridgehead atoms. The second-order valence-electron chi connectivity index (χ2n) is 4.81. The zero-order valence-electron chi connectivity index (χ0n) is 9.94. The molecule has 1 aliphatic carbocycles. The molecule has 2 unspecified atom stereocenters. The SMILES string of the molecule is CC1CC1c1ccc(CNCc2ccn[nH]2)o1. The minimum atomic E-state index is 0.663. The van der Waals surface area contributed by atoms with Crippen LogP contribution in [0.5, 0.6) is 0 Å². The number of furan rings is 1. The van der Waals surface area contributed by atoms with Crippen molar-refractivity contribution in [3.8, 4) is 0 Å². The monoisotopic (exact) mass is 231 g/mol. The van der Waals surface area contributed by atoms with Crippen molar-refractivity contribution >= 4 is 0 Å². The van der Waals surface area contributed by atoms with Gasteiger partial charge in [-0.3, -0.25) is 5.10 Å². The molecule has 1 aliphatic rings. The summed E-state index contributed by atoms with van der Waals surface area (Å²) in [5, 5.41) is 10.1. The van der Waals surface area contributed by atoms with Gasteiger partial charge >= 0.3 is 0 Å². The molecule has 4 nitrogen and oxygen atoms in total. The molecule has 1 saturated carbocycles. The van der Waals surface area contributed by atoms with E-state index in [4.69, 9.17) is 4.42 Å². The summed E-state index contributed by atoms with van der Waals surface area (Å²) in [6.45, 7) is 3.82. The lowest BCUT2D eigenvalue weighted by molar-refractivity contribution is 0.443. The minimum absolute atomic E-state index is 0.663. The Morgan fingerprint density at radius 2 is 2.29 bits per heavy atom. The number of nitrogens with zero attached hydrogens (tertiary/aromatic N) is 1. The molecule has 0 aliphatic heterocycles. The molecule has 2 aromatic heterocycles. The molecule has 0 spiro atoms. The van der Waals surface area contributed by atoms with E-state index in [2.05, 4.69) is 34.6 Å². The Kier molecular flexibility index (Phi) is 2.73. The van der Waals surface area contributed by atoms with Crippen LogP contribution in [0.15, 0.2) is 28.8 Å². The van der Waals surface area contributed by atoms with E-state index in [1.54, 1.807) is 6.20 Å². The fourth-order valence-corrected chi connectivity index (χ4v) is 2.11. The van der Waals surface area contributed by atoms with Crippen LogP contribution >= 0.6 is 0 Å². The van der Waals surface area contributed by atoms with Crippen LogP contribution in [0, 0.1) is 5.92 Å². The summed E-state index contributed by atoms with van der Waals surface area (Å²) >= 11 is 0. The first-order chi connectivity index (χ1) is 8.33. The van der Waals surface area contributed by atoms with Gasteiger partial charge in [-0.05, 0) is 30.5 Å². The minimum Gasteiger partial charge on any atom is -0.464 e. The Balaban J connectivity index is 1.50. The number of hydrogen-bond acceptors (Lipinski definition) is 3. The van der Waals surface area contributed by atoms with Crippen molar-refractivity contribution < 1.29 is 4.42 Å². The van der Waals surface area contributed by atoms with E-state index in [9.17, 15) is 0 Å². The average Bonchev–Trinajstić information content (AvgIpc) is 2.76. The first-order valence-electron chi connectivity index (χ1n) is 6.10. The fourth-order valence-electron chi connectivity index (χ4n) is 2.11. The molecule has 0 aromatic carbocycles. The predicted molar refractivity (Wildman–Crippen MR) is 64.4 cm³/mol. The summed E-state index contributed by atoms with van der Waals surface area (Å²) in [6, 6.07) is 6.15. The van der Waals surface area contributed by atoms with Crippen LogP contribution in [0.2, 0.25) is 0 Å². The summed E-state index contributed by atoms with van der Waals surface area (Å²) in [7, 11) is 0. The largest absolute Gasteiger partial charge is 0.464 e. The van der Waals surface area contributed by atoms with E-state index in [1.165, 1.54) is 6.42 Å². The Morgan fingerprint density at radius 1 is 1.41 bits per heavy atom. The molecule has 4 heteroatoms. The Hall–Kier alpha value is -1.55. The van der Waals surface area contributed by atoms with Gasteiger partial charge in [0.05, 0.1) is 6.54 Å². The molecule has 0 amide bonds. The van der Waals surface area contributed by atoms with Gasteiger partial charge in [0.1, 0.15) is 11.5 Å². The second-order valence-corrected chi connectivity index (χ2v) is 4.81. The van der Waals surface area contributed by atoms with Crippen molar-refractivity contribution in [1.82, 2.24) is 15.5 Å². The van der Waals surface area contributed by atoms with Crippen LogP contribution in [-0.2, 0) is 13.1 Å². The standard InChI is InChI=1S/C13H17N3O/c1-9-6-12(9)13-3-2-11(17-13)8-14-7-10-4-5-15-16-10/h2-5,9,12,14H,6-8H2,1H3,(H,15,16). The van der Waals surface area contributed by atoms with Crippen molar-refractivity contribution in [2.45, 2.75) is 32.4 Å². The molecule has 0 saturated heterocycles. The highest BCUT2D eigenvalue weighted by molar-refractivity contribution is 5.17. The molecule has 1 fully saturated rings. The predicted octanol–water partition coefficient (Wildman–Crippen LogP) is 2.42. The number of aromatic nitrogens is 2. The van der Waals surface area contributed by atoms with Crippen LogP contribution in [0.3, 0.4) is 0 Å². The van der Waals surface area contributed by atoms with Gasteiger partial charge < -0.3 is 9.73 Å². The Morgan fingerprint density at radius 3 is 3.00 bits per heavy atom. The molecule has 2 atom stereocenters. The normalized spacial score (nSPS) is 22.9. The van der Waals surface area contributed by atoms with Crippen molar-refractivity contribution in [3.63, 3.8) is 0 Å². The van der Waals surface area contributed by atoms with Crippen molar-refractivity contribution in [2.75, 3.05) is 0 Å². The highest BCUT2D eigenvalue weighted by Gasteiger charge is 2.36. The van der Waals surface area contributed by atoms with Gasteiger partial charge in [-0.1, -0.05) is 6.92 Å². The molecule has 3 rings (SSSR count). The Bertz CT molecular complexity index is 475. The first-order valence-corrected chi connectivity index (χ1v) is 6.10. The van der Waals surface area contributed by atoms with Gasteiger partial charge in [0, 0.05) is 24.4 Å². The van der Waals surface area contributed by atoms with Crippen LogP contribution in [0.25, 0.3) is 0 Å². The van der Waals surface area contributed by atoms with Gasteiger partial charge in [-0.15, -0.1) is 0 Å². The number of rotatable bonds is 5. The number of aromatic amines is 1. The summed E-state index contributed by atoms with van der Waals surface area (Å²) in [6.07, 6.45) is 3.03. The number of H-pyrrole nitrogens is 1. The third kappa shape index (κ3) is 2.42. The van der Waals surface area contributed by atoms with Crippen LogP contribution in [0.4, 0.5) is 0 Å². The third-order valence-electron chi connectivity index (χ3n) is 3.33. The van der Waals surface area contributed by atoms with Gasteiger partial charge in [0.2, 0.25) is 0 Å². The molecule has 17 heavy (non-hydrogen) atoms. The van der Waals surface area contributed by atoms with E-state index in [-0.39, 0.29) is 0 Å². The topological polar surface area (TPSA) is 53.9 Å². The van der Waals surface area contributed by atoms with E-state index in [0.717, 1.165) is 36.2 Å². The van der Waals surface area contributed by atoms with Gasteiger partial charge in [-0.2, -0.15) is 5.10 Å². The molecule has 90 valence electrons. The second kappa shape index (κ2) is 4.37. The van der Waals surface area contributed by atoms with Crippen LogP contribution < -0.4 is 5.32 Å². The van der Waals surface area contributed by atoms with Crippen molar-refractivity contribution in [3.05, 3.63) is 41.6 Å². The van der Waals surface area contributed by atoms with Gasteiger partial charge in [0.25, 0.3) is 0 Å². The summed E-state index contributed by atoms with van der Waals surface area (Å²) in [4.78, 5) is 0. The highest BCUT2D eigenvalue weighted by Crippen LogP contribution is 2.47. The van der Waals surface area contributed by atoms with Gasteiger partial charge in [0.15, 0.2) is 0 Å². The van der Waals surface area contributed by atoms with Crippen LogP contribution in [0.1, 0.15) is 36.5 Å². The summed E-state index contributed by atoms with van der Waals surface area (Å²) < 4.78 is 5.81. The molecule has 2 aromatic rings. The highest BCUT2D eigenvalue weighted by atomic mass is 16.3. The average molecular weight is 231 g/mol. The van der Waals surface area contributed by atoms with Crippen LogP contribution in [-0.4, -0.2) is 10.2 Å². The summed E-state index contributed by atoms with van der Waals surface area (Å²) in [5.41, 5.74) is 1.09. The third-order valence-corrected chi connectivity index (χ3v) is 3.33. The molecule has 2 heterocycles. The maximum absolute atomic E-state index is 5.81. The van der Waals surface area contributed by atoms with Gasteiger partial charge in [-0.25, -0.2) is 0 Å². The lowest BCUT2D eigenvalue weighted by atomic mass is 10.3. The van der Waals surface area contributed by atoms with E-state index >= 15 is 0 Å². The molecular weight excluding hydrogens is 214 g/mol. The van der Waals surface area contributed by atoms with E-state index in [1.807, 2.05) is 6.07 Å². The lowest BCUT2D eigenvalue weighted by Gasteiger charge is -2.00. The van der Waals surface area contributed by atoms with E-state index < -0.39 is 0 Å². The van der Waals surface area contributed by atoms with Crippen molar-refractivity contribution in [2.24, 2.45) is 5.92 Å². The summed E-state index contributed by atoms with van der Waals surface area (Å²) in [5.74, 6) is 3.62. The van der Waals surface area contributed by atoms with Crippen molar-refractivity contribution in [1.29, 1.82) is 0 Å². The van der Waals surface area contributed by atoms with E-state index in [0.29, 0.717) is 5.92 Å². The number of hydrogen-bond donors (Lipinski definition) is 2. The smallest absolute Gasteiger partial charge is 0.117 e. The zero-order chi connectivity index (χ0) is 11.7. The zero-order valence-corrected chi connectivity index (χ0v) is 9.94. The molecule has 2 N–H and O–H groups in total. The number of nitrogens with one attached hydrogen (secondary N) is 2. The maximum Gasteiger partial charge on any atom is 0.117 e. The quantitative estimate of drug-likeness (QED) is 0.831. The first kappa shape index (κ1) is 10.6. The molecular formula is C13H17N3O. The fraction of sp³-hybridized carbons (Fsp3) is 0.462. The molecule has 0 radical (unpaired) electrons.